The van der Waals surface area contributed by atoms with Crippen molar-refractivity contribution < 1.29 is 4.79 Å². The van der Waals surface area contributed by atoms with Gasteiger partial charge in [0.1, 0.15) is 0 Å². The smallest absolute Gasteiger partial charge is 0.264 e. The fourth-order valence-corrected chi connectivity index (χ4v) is 5.80. The molecule has 0 saturated carbocycles. The Morgan fingerprint density at radius 3 is 2.72 bits per heavy atom. The van der Waals surface area contributed by atoms with Gasteiger partial charge in [0.2, 0.25) is 0 Å². The van der Waals surface area contributed by atoms with E-state index in [4.69, 9.17) is 0 Å². The van der Waals surface area contributed by atoms with Crippen molar-refractivity contribution in [3.05, 3.63) is 63.5 Å². The Hall–Kier alpha value is -2.24. The van der Waals surface area contributed by atoms with Gasteiger partial charge in [-0.15, -0.1) is 11.3 Å². The number of amides is 1. The minimum Gasteiger partial charge on any atom is -0.335 e. The van der Waals surface area contributed by atoms with Crippen LogP contribution < -0.4 is 0 Å². The first-order chi connectivity index (χ1) is 14.3. The topological polar surface area (TPSA) is 36.4 Å². The fourth-order valence-electron chi connectivity index (χ4n) is 4.57. The van der Waals surface area contributed by atoms with Crippen LogP contribution >= 0.6 is 11.3 Å². The van der Waals surface area contributed by atoms with E-state index in [2.05, 4.69) is 40.2 Å². The van der Waals surface area contributed by atoms with Gasteiger partial charge >= 0.3 is 0 Å². The number of pyridine rings is 1. The van der Waals surface area contributed by atoms with Crippen LogP contribution in [-0.2, 0) is 19.4 Å². The minimum atomic E-state index is 0.231. The Morgan fingerprint density at radius 1 is 1.00 bits per heavy atom. The van der Waals surface area contributed by atoms with Crippen molar-refractivity contribution in [1.82, 2.24) is 14.8 Å². The van der Waals surface area contributed by atoms with Gasteiger partial charge in [0.15, 0.2) is 0 Å². The molecule has 3 aromatic rings. The highest BCUT2D eigenvalue weighted by Crippen LogP contribution is 2.30. The predicted molar refractivity (Wildman–Crippen MR) is 119 cm³/mol. The van der Waals surface area contributed by atoms with Crippen LogP contribution in [0.2, 0.25) is 0 Å². The molecule has 1 aromatic carbocycles. The predicted octanol–water partition coefficient (Wildman–Crippen LogP) is 4.52. The number of thiophene rings is 1. The van der Waals surface area contributed by atoms with Gasteiger partial charge in [-0.1, -0.05) is 30.7 Å². The van der Waals surface area contributed by atoms with Crippen molar-refractivity contribution in [2.45, 2.75) is 38.6 Å². The van der Waals surface area contributed by atoms with Crippen LogP contribution in [0.5, 0.6) is 0 Å². The van der Waals surface area contributed by atoms with Crippen molar-refractivity contribution in [3.8, 4) is 0 Å². The zero-order chi connectivity index (χ0) is 19.6. The summed E-state index contributed by atoms with van der Waals surface area (Å²) in [5.41, 5.74) is 3.79. The molecular weight excluding hydrogens is 378 g/mol. The average Bonchev–Trinajstić information content (AvgIpc) is 3.04. The lowest BCUT2D eigenvalue weighted by Crippen LogP contribution is -2.48. The molecule has 29 heavy (non-hydrogen) atoms. The van der Waals surface area contributed by atoms with E-state index in [1.807, 2.05) is 17.2 Å². The number of nitrogens with zero attached hydrogens (tertiary/aromatic N) is 3. The molecule has 0 spiro atoms. The van der Waals surface area contributed by atoms with Gasteiger partial charge in [-0.3, -0.25) is 14.7 Å². The Kier molecular flexibility index (Phi) is 5.34. The van der Waals surface area contributed by atoms with Crippen molar-refractivity contribution in [1.29, 1.82) is 0 Å². The van der Waals surface area contributed by atoms with Gasteiger partial charge in [-0.2, -0.15) is 0 Å². The van der Waals surface area contributed by atoms with E-state index in [-0.39, 0.29) is 5.91 Å². The third-order valence-electron chi connectivity index (χ3n) is 6.23. The molecule has 2 aliphatic rings. The van der Waals surface area contributed by atoms with E-state index < -0.39 is 0 Å². The molecule has 5 rings (SSSR count). The van der Waals surface area contributed by atoms with Crippen LogP contribution in [-0.4, -0.2) is 46.9 Å². The lowest BCUT2D eigenvalue weighted by atomic mass is 10.1. The van der Waals surface area contributed by atoms with Gasteiger partial charge in [0.25, 0.3) is 5.91 Å². The number of fused-ring (bicyclic) bond motifs is 2. The molecule has 1 aliphatic carbocycles. The first-order valence-electron chi connectivity index (χ1n) is 10.7. The maximum absolute atomic E-state index is 13.1. The Bertz CT molecular complexity index is 991. The third kappa shape index (κ3) is 3.94. The second kappa shape index (κ2) is 8.25. The lowest BCUT2D eigenvalue weighted by Gasteiger charge is -2.34. The SMILES string of the molecule is O=C(c1cc2c(s1)CCCCC2)N1CCN(Cc2cccc3cccnc23)CC1. The summed E-state index contributed by atoms with van der Waals surface area (Å²) in [6, 6.07) is 12.7. The first-order valence-corrected chi connectivity index (χ1v) is 11.6. The van der Waals surface area contributed by atoms with E-state index in [0.29, 0.717) is 0 Å². The molecule has 5 heteroatoms. The highest BCUT2D eigenvalue weighted by Gasteiger charge is 2.25. The summed E-state index contributed by atoms with van der Waals surface area (Å²) in [5.74, 6) is 0.231. The number of aromatic nitrogens is 1. The molecule has 0 atom stereocenters. The van der Waals surface area contributed by atoms with Crippen LogP contribution in [0.1, 0.15) is 44.9 Å². The number of para-hydroxylation sites is 1. The first kappa shape index (κ1) is 18.8. The fraction of sp³-hybridized carbons (Fsp3) is 0.417. The number of carbonyl (C=O) groups excluding carboxylic acids is 1. The third-order valence-corrected chi connectivity index (χ3v) is 7.45. The Morgan fingerprint density at radius 2 is 1.83 bits per heavy atom. The van der Waals surface area contributed by atoms with Gasteiger partial charge in [-0.25, -0.2) is 0 Å². The Balaban J connectivity index is 1.23. The Labute approximate surface area is 176 Å². The normalized spacial score (nSPS) is 17.9. The van der Waals surface area contributed by atoms with Gasteiger partial charge in [-0.05, 0) is 48.9 Å². The lowest BCUT2D eigenvalue weighted by molar-refractivity contribution is 0.0633. The summed E-state index contributed by atoms with van der Waals surface area (Å²) < 4.78 is 0. The largest absolute Gasteiger partial charge is 0.335 e. The van der Waals surface area contributed by atoms with Crippen LogP contribution in [0, 0.1) is 0 Å². The summed E-state index contributed by atoms with van der Waals surface area (Å²) >= 11 is 1.74. The van der Waals surface area contributed by atoms with Crippen molar-refractivity contribution in [2.24, 2.45) is 0 Å². The summed E-state index contributed by atoms with van der Waals surface area (Å²) in [4.78, 5) is 24.5. The number of hydrogen-bond donors (Lipinski definition) is 0. The number of aryl methyl sites for hydroxylation is 2. The van der Waals surface area contributed by atoms with Crippen molar-refractivity contribution in [3.63, 3.8) is 0 Å². The highest BCUT2D eigenvalue weighted by atomic mass is 32.1. The molecular formula is C24H27N3OS. The molecule has 4 nitrogen and oxygen atoms in total. The summed E-state index contributed by atoms with van der Waals surface area (Å²) in [6.45, 7) is 4.34. The van der Waals surface area contributed by atoms with Crippen LogP contribution in [0.3, 0.4) is 0 Å². The van der Waals surface area contributed by atoms with Crippen LogP contribution in [0.25, 0.3) is 10.9 Å². The van der Waals surface area contributed by atoms with E-state index in [1.54, 1.807) is 11.3 Å². The molecule has 0 radical (unpaired) electrons. The zero-order valence-corrected chi connectivity index (χ0v) is 17.6. The van der Waals surface area contributed by atoms with Crippen LogP contribution in [0.4, 0.5) is 0 Å². The quantitative estimate of drug-likeness (QED) is 0.601. The second-order valence-corrected chi connectivity index (χ2v) is 9.32. The zero-order valence-electron chi connectivity index (χ0n) is 16.8. The van der Waals surface area contributed by atoms with Crippen molar-refractivity contribution in [2.75, 3.05) is 26.2 Å². The molecule has 1 aliphatic heterocycles. The standard InChI is InChI=1S/C24H27N3OS/c28-24(22-16-19-6-2-1-3-10-21(19)29-22)27-14-12-26(13-15-27)17-20-8-4-7-18-9-5-11-25-23(18)20/h4-5,7-9,11,16H,1-3,6,10,12-15,17H2. The maximum atomic E-state index is 13.1. The number of carbonyl (C=O) groups is 1. The molecule has 1 amide bonds. The molecule has 0 bridgehead atoms. The van der Waals surface area contributed by atoms with Crippen LogP contribution in [0.15, 0.2) is 42.6 Å². The van der Waals surface area contributed by atoms with E-state index in [0.717, 1.165) is 56.0 Å². The monoisotopic (exact) mass is 405 g/mol. The maximum Gasteiger partial charge on any atom is 0.264 e. The number of rotatable bonds is 3. The number of benzene rings is 1. The van der Waals surface area contributed by atoms with E-state index in [1.165, 1.54) is 40.7 Å². The molecule has 1 saturated heterocycles. The summed E-state index contributed by atoms with van der Waals surface area (Å²) in [7, 11) is 0. The highest BCUT2D eigenvalue weighted by molar-refractivity contribution is 7.14. The van der Waals surface area contributed by atoms with Gasteiger partial charge in [0, 0.05) is 49.2 Å². The summed E-state index contributed by atoms with van der Waals surface area (Å²) in [5, 5.41) is 1.19. The van der Waals surface area contributed by atoms with Gasteiger partial charge in [0.05, 0.1) is 10.4 Å². The number of hydrogen-bond acceptors (Lipinski definition) is 4. The number of piperazine rings is 1. The van der Waals surface area contributed by atoms with E-state index in [9.17, 15) is 4.79 Å². The average molecular weight is 406 g/mol. The van der Waals surface area contributed by atoms with Gasteiger partial charge < -0.3 is 4.90 Å². The van der Waals surface area contributed by atoms with E-state index >= 15 is 0 Å². The summed E-state index contributed by atoms with van der Waals surface area (Å²) in [6.07, 6.45) is 8.01. The molecule has 150 valence electrons. The second-order valence-electron chi connectivity index (χ2n) is 8.18. The molecule has 0 N–H and O–H groups in total. The molecule has 1 fully saturated rings. The molecule has 0 unspecified atom stereocenters. The van der Waals surface area contributed by atoms with Crippen molar-refractivity contribution >= 4 is 28.1 Å². The minimum absolute atomic E-state index is 0.231. The molecule has 3 heterocycles. The molecule has 2 aromatic heterocycles.